The third-order valence-corrected chi connectivity index (χ3v) is 5.65. The molecule has 2 aliphatic heterocycles. The minimum absolute atomic E-state index is 0.121. The van der Waals surface area contributed by atoms with E-state index in [1.165, 1.54) is 5.56 Å². The van der Waals surface area contributed by atoms with E-state index >= 15 is 0 Å². The molecule has 0 spiro atoms. The van der Waals surface area contributed by atoms with Crippen molar-refractivity contribution in [3.05, 3.63) is 60.4 Å². The Morgan fingerprint density at radius 3 is 2.56 bits per heavy atom. The molecule has 0 aliphatic carbocycles. The van der Waals surface area contributed by atoms with Gasteiger partial charge >= 0.3 is 6.03 Å². The van der Waals surface area contributed by atoms with Gasteiger partial charge in [0, 0.05) is 49.6 Å². The van der Waals surface area contributed by atoms with Crippen LogP contribution in [0.3, 0.4) is 0 Å². The van der Waals surface area contributed by atoms with E-state index in [9.17, 15) is 4.79 Å². The van der Waals surface area contributed by atoms with Gasteiger partial charge in [-0.3, -0.25) is 0 Å². The molecule has 0 atom stereocenters. The predicted molar refractivity (Wildman–Crippen MR) is 122 cm³/mol. The third-order valence-electron chi connectivity index (χ3n) is 5.65. The highest BCUT2D eigenvalue weighted by Crippen LogP contribution is 2.32. The first-order valence-corrected chi connectivity index (χ1v) is 10.8. The van der Waals surface area contributed by atoms with Crippen LogP contribution in [0.2, 0.25) is 0 Å². The molecule has 32 heavy (non-hydrogen) atoms. The number of carbonyl (C=O) groups excluding carboxylic acids is 1. The smallest absolute Gasteiger partial charge is 0.321 e. The third kappa shape index (κ3) is 4.30. The van der Waals surface area contributed by atoms with Crippen LogP contribution in [0.4, 0.5) is 16.3 Å². The Morgan fingerprint density at radius 2 is 1.75 bits per heavy atom. The molecule has 8 heteroatoms. The summed E-state index contributed by atoms with van der Waals surface area (Å²) in [6.07, 6.45) is 1.61. The molecule has 8 nitrogen and oxygen atoms in total. The van der Waals surface area contributed by atoms with Crippen LogP contribution in [0.25, 0.3) is 11.3 Å². The Hall–Kier alpha value is -3.81. The van der Waals surface area contributed by atoms with E-state index in [1.54, 1.807) is 12.4 Å². The normalized spacial score (nSPS) is 15.4. The van der Waals surface area contributed by atoms with Crippen molar-refractivity contribution < 1.29 is 14.3 Å². The molecule has 5 rings (SSSR count). The molecule has 2 aliphatic rings. The number of anilines is 2. The van der Waals surface area contributed by atoms with Crippen LogP contribution in [0.1, 0.15) is 5.56 Å². The van der Waals surface area contributed by atoms with Crippen LogP contribution in [0, 0.1) is 6.92 Å². The predicted octanol–water partition coefficient (Wildman–Crippen LogP) is 3.58. The summed E-state index contributed by atoms with van der Waals surface area (Å²) in [5.74, 6) is 2.24. The Labute approximate surface area is 186 Å². The van der Waals surface area contributed by atoms with Gasteiger partial charge in [-0.05, 0) is 25.1 Å². The highest BCUT2D eigenvalue weighted by Gasteiger charge is 2.23. The van der Waals surface area contributed by atoms with Gasteiger partial charge in [-0.15, -0.1) is 0 Å². The Kier molecular flexibility index (Phi) is 5.49. The lowest BCUT2D eigenvalue weighted by Gasteiger charge is -2.35. The van der Waals surface area contributed by atoms with E-state index in [-0.39, 0.29) is 6.03 Å². The van der Waals surface area contributed by atoms with Crippen LogP contribution in [-0.4, -0.2) is 60.3 Å². The van der Waals surface area contributed by atoms with E-state index < -0.39 is 0 Å². The first-order valence-electron chi connectivity index (χ1n) is 10.8. The summed E-state index contributed by atoms with van der Waals surface area (Å²) in [6, 6.07) is 15.6. The van der Waals surface area contributed by atoms with Crippen LogP contribution in [-0.2, 0) is 0 Å². The fraction of sp³-hybridized carbons (Fsp3) is 0.292. The average molecular weight is 431 g/mol. The molecule has 1 saturated heterocycles. The van der Waals surface area contributed by atoms with Crippen molar-refractivity contribution in [1.82, 2.24) is 14.9 Å². The molecule has 3 aromatic rings. The number of piperazine rings is 1. The fourth-order valence-corrected chi connectivity index (χ4v) is 3.94. The zero-order valence-electron chi connectivity index (χ0n) is 18.0. The molecular formula is C24H25N5O3. The van der Waals surface area contributed by atoms with Gasteiger partial charge in [0.25, 0.3) is 0 Å². The van der Waals surface area contributed by atoms with E-state index in [2.05, 4.69) is 45.3 Å². The highest BCUT2D eigenvalue weighted by molar-refractivity contribution is 5.90. The number of urea groups is 1. The SMILES string of the molecule is Cc1cccc(-c2cc(N3CCN(C(=O)Nc4ccc5c(c4)OCCO5)CC3)ncn2)c1. The number of ether oxygens (including phenoxy) is 2. The number of hydrogen-bond acceptors (Lipinski definition) is 6. The fourth-order valence-electron chi connectivity index (χ4n) is 3.94. The lowest BCUT2D eigenvalue weighted by Crippen LogP contribution is -2.50. The van der Waals surface area contributed by atoms with Gasteiger partial charge in [-0.2, -0.15) is 0 Å². The summed E-state index contributed by atoms with van der Waals surface area (Å²) in [5, 5.41) is 2.96. The van der Waals surface area contributed by atoms with Crippen LogP contribution >= 0.6 is 0 Å². The molecule has 0 radical (unpaired) electrons. The largest absolute Gasteiger partial charge is 0.486 e. The molecule has 1 N–H and O–H groups in total. The second-order valence-corrected chi connectivity index (χ2v) is 7.89. The average Bonchev–Trinajstić information content (AvgIpc) is 2.84. The summed E-state index contributed by atoms with van der Waals surface area (Å²) in [5.41, 5.74) is 3.86. The number of aryl methyl sites for hydroxylation is 1. The van der Waals surface area contributed by atoms with Gasteiger partial charge in [-0.1, -0.05) is 23.8 Å². The van der Waals surface area contributed by atoms with Crippen molar-refractivity contribution in [2.45, 2.75) is 6.92 Å². The van der Waals surface area contributed by atoms with Crippen molar-refractivity contribution >= 4 is 17.5 Å². The molecule has 0 saturated carbocycles. The van der Waals surface area contributed by atoms with E-state index in [0.717, 1.165) is 17.1 Å². The lowest BCUT2D eigenvalue weighted by molar-refractivity contribution is 0.171. The minimum Gasteiger partial charge on any atom is -0.486 e. The summed E-state index contributed by atoms with van der Waals surface area (Å²) in [4.78, 5) is 25.6. The molecule has 164 valence electrons. The number of rotatable bonds is 3. The molecule has 0 bridgehead atoms. The number of fused-ring (bicyclic) bond motifs is 1. The molecule has 0 unspecified atom stereocenters. The molecule has 2 aromatic carbocycles. The molecular weight excluding hydrogens is 406 g/mol. The number of hydrogen-bond donors (Lipinski definition) is 1. The Balaban J connectivity index is 1.21. The number of nitrogens with zero attached hydrogens (tertiary/aromatic N) is 4. The first kappa shape index (κ1) is 20.1. The molecule has 1 fully saturated rings. The zero-order valence-corrected chi connectivity index (χ0v) is 18.0. The maximum Gasteiger partial charge on any atom is 0.321 e. The molecule has 3 heterocycles. The van der Waals surface area contributed by atoms with E-state index in [4.69, 9.17) is 9.47 Å². The first-order chi connectivity index (χ1) is 15.7. The van der Waals surface area contributed by atoms with Crippen molar-refractivity contribution in [2.24, 2.45) is 0 Å². The monoisotopic (exact) mass is 431 g/mol. The number of amides is 2. The number of carbonyl (C=O) groups is 1. The summed E-state index contributed by atoms with van der Waals surface area (Å²) in [7, 11) is 0. The topological polar surface area (TPSA) is 79.8 Å². The maximum atomic E-state index is 12.7. The van der Waals surface area contributed by atoms with Gasteiger partial charge < -0.3 is 24.6 Å². The summed E-state index contributed by atoms with van der Waals surface area (Å²) < 4.78 is 11.1. The standard InChI is InChI=1S/C24H25N5O3/c1-17-3-2-4-18(13-17)20-15-23(26-16-25-20)28-7-9-29(10-8-28)24(30)27-19-5-6-21-22(14-19)32-12-11-31-21/h2-6,13-16H,7-12H2,1H3,(H,27,30). The van der Waals surface area contributed by atoms with Crippen molar-refractivity contribution in [1.29, 1.82) is 0 Å². The second-order valence-electron chi connectivity index (χ2n) is 7.89. The van der Waals surface area contributed by atoms with E-state index in [1.807, 2.05) is 29.2 Å². The molecule has 1 aromatic heterocycles. The van der Waals surface area contributed by atoms with Crippen LogP contribution in [0.15, 0.2) is 54.9 Å². The van der Waals surface area contributed by atoms with Gasteiger partial charge in [0.15, 0.2) is 11.5 Å². The minimum atomic E-state index is -0.121. The molecule has 2 amide bonds. The Morgan fingerprint density at radius 1 is 0.938 bits per heavy atom. The van der Waals surface area contributed by atoms with Gasteiger partial charge in [0.1, 0.15) is 25.4 Å². The van der Waals surface area contributed by atoms with Gasteiger partial charge in [0.2, 0.25) is 0 Å². The van der Waals surface area contributed by atoms with Crippen LogP contribution < -0.4 is 19.7 Å². The van der Waals surface area contributed by atoms with Crippen molar-refractivity contribution in [2.75, 3.05) is 49.6 Å². The number of nitrogens with one attached hydrogen (secondary N) is 1. The summed E-state index contributed by atoms with van der Waals surface area (Å²) in [6.45, 7) is 5.77. The quantitative estimate of drug-likeness (QED) is 0.683. The van der Waals surface area contributed by atoms with Crippen molar-refractivity contribution in [3.63, 3.8) is 0 Å². The van der Waals surface area contributed by atoms with Gasteiger partial charge in [-0.25, -0.2) is 14.8 Å². The second kappa shape index (κ2) is 8.74. The zero-order chi connectivity index (χ0) is 21.9. The van der Waals surface area contributed by atoms with Crippen molar-refractivity contribution in [3.8, 4) is 22.8 Å². The van der Waals surface area contributed by atoms with E-state index in [0.29, 0.717) is 56.6 Å². The highest BCUT2D eigenvalue weighted by atomic mass is 16.6. The number of aromatic nitrogens is 2. The lowest BCUT2D eigenvalue weighted by atomic mass is 10.1. The Bertz CT molecular complexity index is 1130. The summed E-state index contributed by atoms with van der Waals surface area (Å²) >= 11 is 0. The maximum absolute atomic E-state index is 12.7. The number of benzene rings is 2. The van der Waals surface area contributed by atoms with Crippen LogP contribution in [0.5, 0.6) is 11.5 Å². The van der Waals surface area contributed by atoms with Gasteiger partial charge in [0.05, 0.1) is 5.69 Å².